The van der Waals surface area contributed by atoms with Crippen LogP contribution in [0, 0.1) is 6.92 Å². The van der Waals surface area contributed by atoms with Gasteiger partial charge in [-0.25, -0.2) is 4.79 Å². The van der Waals surface area contributed by atoms with E-state index in [1.54, 1.807) is 0 Å². The van der Waals surface area contributed by atoms with Crippen molar-refractivity contribution in [1.82, 2.24) is 9.80 Å². The number of nitrogens with zero attached hydrogens (tertiary/aromatic N) is 2. The summed E-state index contributed by atoms with van der Waals surface area (Å²) in [6, 6.07) is 2.66. The average Bonchev–Trinajstić information content (AvgIpc) is 2.77. The van der Waals surface area contributed by atoms with Gasteiger partial charge in [-0.2, -0.15) is 0 Å². The lowest BCUT2D eigenvalue weighted by Gasteiger charge is -2.43. The molecule has 21 heavy (non-hydrogen) atoms. The Morgan fingerprint density at radius 3 is 2.81 bits per heavy atom. The molecule has 1 atom stereocenters. The van der Waals surface area contributed by atoms with Crippen LogP contribution in [0.5, 0.6) is 0 Å². The third kappa shape index (κ3) is 3.09. The topological polar surface area (TPSA) is 32.8 Å². The summed E-state index contributed by atoms with van der Waals surface area (Å²) in [5, 5.41) is 0. The number of rotatable bonds is 0. The Bertz CT molecular complexity index is 547. The Morgan fingerprint density at radius 2 is 2.10 bits per heavy atom. The molecule has 1 fully saturated rings. The fourth-order valence-corrected chi connectivity index (χ4v) is 4.36. The lowest BCUT2D eigenvalue weighted by atomic mass is 9.99. The van der Waals surface area contributed by atoms with Gasteiger partial charge in [-0.05, 0) is 45.7 Å². The van der Waals surface area contributed by atoms with Crippen LogP contribution in [0.1, 0.15) is 42.1 Å². The first-order valence-electron chi connectivity index (χ1n) is 7.65. The number of carbonyl (C=O) groups excluding carboxylic acids is 1. The molecule has 5 heteroatoms. The lowest BCUT2D eigenvalue weighted by Crippen LogP contribution is -2.53. The zero-order chi connectivity index (χ0) is 15.2. The van der Waals surface area contributed by atoms with E-state index in [1.165, 1.54) is 15.3 Å². The summed E-state index contributed by atoms with van der Waals surface area (Å²) >= 11 is 1.88. The molecule has 1 amide bonds. The molecule has 4 nitrogen and oxygen atoms in total. The van der Waals surface area contributed by atoms with Gasteiger partial charge in [0.15, 0.2) is 0 Å². The van der Waals surface area contributed by atoms with E-state index in [0.29, 0.717) is 6.04 Å². The molecule has 0 aliphatic carbocycles. The van der Waals surface area contributed by atoms with Crippen LogP contribution in [0.2, 0.25) is 0 Å². The SMILES string of the molecule is Cc1cc2c(s1)C1CN(C(=O)OC(C)(C)C)CCN1CC2. The molecule has 1 unspecified atom stereocenters. The predicted octanol–water partition coefficient (Wildman–Crippen LogP) is 3.21. The van der Waals surface area contributed by atoms with Crippen LogP contribution in [0.4, 0.5) is 4.79 Å². The van der Waals surface area contributed by atoms with E-state index < -0.39 is 5.60 Å². The second-order valence-corrected chi connectivity index (χ2v) is 8.26. The van der Waals surface area contributed by atoms with E-state index >= 15 is 0 Å². The summed E-state index contributed by atoms with van der Waals surface area (Å²) in [6.45, 7) is 11.5. The standard InChI is InChI=1S/C16H24N2O2S/c1-11-9-12-5-6-17-7-8-18(10-13(17)14(12)21-11)15(19)20-16(2,3)4/h9,13H,5-8,10H2,1-4H3. The Labute approximate surface area is 130 Å². The monoisotopic (exact) mass is 308 g/mol. The van der Waals surface area contributed by atoms with Gasteiger partial charge in [-0.3, -0.25) is 4.90 Å². The van der Waals surface area contributed by atoms with Gasteiger partial charge in [0, 0.05) is 35.9 Å². The summed E-state index contributed by atoms with van der Waals surface area (Å²) in [5.74, 6) is 0. The maximum absolute atomic E-state index is 12.3. The molecule has 0 aromatic carbocycles. The summed E-state index contributed by atoms with van der Waals surface area (Å²) in [5.41, 5.74) is 1.05. The molecule has 116 valence electrons. The van der Waals surface area contributed by atoms with Gasteiger partial charge in [-0.15, -0.1) is 11.3 Å². The van der Waals surface area contributed by atoms with Crippen LogP contribution < -0.4 is 0 Å². The quantitative estimate of drug-likeness (QED) is 0.738. The number of fused-ring (bicyclic) bond motifs is 3. The molecule has 1 saturated heterocycles. The molecule has 0 radical (unpaired) electrons. The highest BCUT2D eigenvalue weighted by Crippen LogP contribution is 2.38. The van der Waals surface area contributed by atoms with Crippen molar-refractivity contribution in [2.24, 2.45) is 0 Å². The zero-order valence-corrected chi connectivity index (χ0v) is 14.1. The Balaban J connectivity index is 1.76. The molecule has 0 bridgehead atoms. The first-order valence-corrected chi connectivity index (χ1v) is 8.46. The molecule has 2 aliphatic heterocycles. The molecule has 2 aliphatic rings. The van der Waals surface area contributed by atoms with Gasteiger partial charge in [0.2, 0.25) is 0 Å². The van der Waals surface area contributed by atoms with Crippen molar-refractivity contribution >= 4 is 17.4 Å². The lowest BCUT2D eigenvalue weighted by molar-refractivity contribution is 0.00247. The van der Waals surface area contributed by atoms with Crippen LogP contribution in [0.3, 0.4) is 0 Å². The minimum absolute atomic E-state index is 0.178. The van der Waals surface area contributed by atoms with Crippen molar-refractivity contribution in [2.45, 2.75) is 45.8 Å². The molecule has 3 heterocycles. The second kappa shape index (κ2) is 5.29. The first kappa shape index (κ1) is 14.9. The van der Waals surface area contributed by atoms with E-state index in [1.807, 2.05) is 37.0 Å². The number of carbonyl (C=O) groups is 1. The van der Waals surface area contributed by atoms with E-state index in [4.69, 9.17) is 4.74 Å². The number of hydrogen-bond donors (Lipinski definition) is 0. The van der Waals surface area contributed by atoms with Crippen LogP contribution in [-0.2, 0) is 11.2 Å². The minimum atomic E-state index is -0.425. The fourth-order valence-electron chi connectivity index (χ4n) is 3.16. The number of ether oxygens (including phenoxy) is 1. The van der Waals surface area contributed by atoms with Gasteiger partial charge in [0.25, 0.3) is 0 Å². The van der Waals surface area contributed by atoms with Gasteiger partial charge in [0.1, 0.15) is 5.60 Å². The van der Waals surface area contributed by atoms with Gasteiger partial charge in [-0.1, -0.05) is 0 Å². The van der Waals surface area contributed by atoms with Gasteiger partial charge in [0.05, 0.1) is 6.04 Å². The van der Waals surface area contributed by atoms with Crippen molar-refractivity contribution in [2.75, 3.05) is 26.2 Å². The summed E-state index contributed by atoms with van der Waals surface area (Å²) < 4.78 is 5.52. The van der Waals surface area contributed by atoms with E-state index in [-0.39, 0.29) is 6.09 Å². The predicted molar refractivity (Wildman–Crippen MR) is 84.9 cm³/mol. The van der Waals surface area contributed by atoms with E-state index in [2.05, 4.69) is 17.9 Å². The molecule has 3 rings (SSSR count). The number of piperazine rings is 1. The van der Waals surface area contributed by atoms with Crippen LogP contribution >= 0.6 is 11.3 Å². The average molecular weight is 308 g/mol. The smallest absolute Gasteiger partial charge is 0.410 e. The van der Waals surface area contributed by atoms with Crippen molar-refractivity contribution in [3.05, 3.63) is 21.4 Å². The van der Waals surface area contributed by atoms with Crippen LogP contribution in [0.15, 0.2) is 6.07 Å². The molecular weight excluding hydrogens is 284 g/mol. The van der Waals surface area contributed by atoms with Crippen molar-refractivity contribution in [3.63, 3.8) is 0 Å². The summed E-state index contributed by atoms with van der Waals surface area (Å²) in [4.78, 5) is 19.5. The molecule has 0 spiro atoms. The van der Waals surface area contributed by atoms with Crippen LogP contribution in [-0.4, -0.2) is 47.7 Å². The summed E-state index contributed by atoms with van der Waals surface area (Å²) in [7, 11) is 0. The number of amides is 1. The molecule has 1 aromatic heterocycles. The second-order valence-electron chi connectivity index (χ2n) is 6.97. The molecule has 1 aromatic rings. The highest BCUT2D eigenvalue weighted by atomic mass is 32.1. The zero-order valence-electron chi connectivity index (χ0n) is 13.3. The van der Waals surface area contributed by atoms with Crippen molar-refractivity contribution < 1.29 is 9.53 Å². The highest BCUT2D eigenvalue weighted by Gasteiger charge is 2.36. The minimum Gasteiger partial charge on any atom is -0.444 e. The number of aryl methyl sites for hydroxylation is 1. The third-order valence-electron chi connectivity index (χ3n) is 4.08. The van der Waals surface area contributed by atoms with Crippen LogP contribution in [0.25, 0.3) is 0 Å². The van der Waals surface area contributed by atoms with E-state index in [9.17, 15) is 4.79 Å². The van der Waals surface area contributed by atoms with Crippen molar-refractivity contribution in [1.29, 1.82) is 0 Å². The van der Waals surface area contributed by atoms with Gasteiger partial charge >= 0.3 is 6.09 Å². The number of thiophene rings is 1. The van der Waals surface area contributed by atoms with Gasteiger partial charge < -0.3 is 9.64 Å². The summed E-state index contributed by atoms with van der Waals surface area (Å²) in [6.07, 6.45) is 0.963. The first-order chi connectivity index (χ1) is 9.83. The molecular formula is C16H24N2O2S. The number of hydrogen-bond acceptors (Lipinski definition) is 4. The van der Waals surface area contributed by atoms with E-state index in [0.717, 1.165) is 32.6 Å². The van der Waals surface area contributed by atoms with Crippen molar-refractivity contribution in [3.8, 4) is 0 Å². The Kier molecular flexibility index (Phi) is 3.74. The Morgan fingerprint density at radius 1 is 1.33 bits per heavy atom. The fraction of sp³-hybridized carbons (Fsp3) is 0.688. The maximum atomic E-state index is 12.3. The molecule has 0 N–H and O–H groups in total. The normalized spacial score (nSPS) is 22.7. The highest BCUT2D eigenvalue weighted by molar-refractivity contribution is 7.12. The maximum Gasteiger partial charge on any atom is 0.410 e. The molecule has 0 saturated carbocycles. The largest absolute Gasteiger partial charge is 0.444 e. The third-order valence-corrected chi connectivity index (χ3v) is 5.27. The Hall–Kier alpha value is -1.07.